The van der Waals surface area contributed by atoms with Crippen LogP contribution in [0.25, 0.3) is 0 Å². The van der Waals surface area contributed by atoms with Crippen LogP contribution in [0, 0.1) is 0 Å². The van der Waals surface area contributed by atoms with Crippen molar-refractivity contribution >= 4 is 41.4 Å². The summed E-state index contributed by atoms with van der Waals surface area (Å²) < 4.78 is 0. The lowest BCUT2D eigenvalue weighted by molar-refractivity contribution is -0.142. The molecule has 17 heteroatoms. The number of nitrogens with two attached hydrogens (primary N) is 4. The van der Waals surface area contributed by atoms with Gasteiger partial charge in [-0.2, -0.15) is 0 Å². The first kappa shape index (κ1) is 38.3. The summed E-state index contributed by atoms with van der Waals surface area (Å²) in [5.41, 5.74) is 22.0. The SMILES string of the molecule is C[C@H](N)C(=O)N[C@@H](CCC(N)=O)C(=O)N[C@@H](CCCCN)C(=O)N[C@@H](Cc1ccc(O)cc1)C(=O)N[C@@H](CCC(N)=O)C(=O)O. The number of carbonyl (C=O) groups is 7. The zero-order valence-electron chi connectivity index (χ0n) is 25.1. The largest absolute Gasteiger partial charge is 0.508 e. The molecule has 45 heavy (non-hydrogen) atoms. The minimum Gasteiger partial charge on any atom is -0.508 e. The van der Waals surface area contributed by atoms with Gasteiger partial charge in [0, 0.05) is 19.3 Å². The number of primary amides is 2. The van der Waals surface area contributed by atoms with Gasteiger partial charge in [0.2, 0.25) is 35.4 Å². The molecule has 0 saturated heterocycles. The fourth-order valence-electron chi connectivity index (χ4n) is 4.06. The molecule has 0 unspecified atom stereocenters. The van der Waals surface area contributed by atoms with Gasteiger partial charge in [-0.25, -0.2) is 4.79 Å². The van der Waals surface area contributed by atoms with Crippen LogP contribution >= 0.6 is 0 Å². The van der Waals surface area contributed by atoms with Gasteiger partial charge in [-0.15, -0.1) is 0 Å². The molecule has 0 heterocycles. The van der Waals surface area contributed by atoms with Crippen LogP contribution < -0.4 is 44.2 Å². The molecule has 1 aromatic rings. The highest BCUT2D eigenvalue weighted by Gasteiger charge is 2.32. The summed E-state index contributed by atoms with van der Waals surface area (Å²) in [4.78, 5) is 86.6. The van der Waals surface area contributed by atoms with E-state index in [1.807, 2.05) is 0 Å². The van der Waals surface area contributed by atoms with Crippen molar-refractivity contribution in [1.29, 1.82) is 0 Å². The predicted molar refractivity (Wildman–Crippen MR) is 161 cm³/mol. The Morgan fingerprint density at radius 2 is 1.13 bits per heavy atom. The Labute approximate surface area is 260 Å². The molecule has 250 valence electrons. The number of benzene rings is 1. The molecule has 14 N–H and O–H groups in total. The Morgan fingerprint density at radius 3 is 1.62 bits per heavy atom. The summed E-state index contributed by atoms with van der Waals surface area (Å²) in [5.74, 6) is -6.17. The molecule has 1 aromatic carbocycles. The van der Waals surface area contributed by atoms with Crippen molar-refractivity contribution in [3.8, 4) is 5.75 Å². The quantitative estimate of drug-likeness (QED) is 0.0605. The van der Waals surface area contributed by atoms with Gasteiger partial charge in [-0.05, 0) is 63.3 Å². The molecule has 1 rings (SSSR count). The molecule has 0 aliphatic heterocycles. The van der Waals surface area contributed by atoms with E-state index in [-0.39, 0.29) is 44.3 Å². The molecule has 0 saturated carbocycles. The number of phenolic OH excluding ortho intramolecular Hbond substituents is 1. The third-order valence-corrected chi connectivity index (χ3v) is 6.61. The Balaban J connectivity index is 3.29. The van der Waals surface area contributed by atoms with Crippen LogP contribution in [-0.4, -0.2) is 88.4 Å². The van der Waals surface area contributed by atoms with E-state index >= 15 is 0 Å². The number of aromatic hydroxyl groups is 1. The zero-order valence-corrected chi connectivity index (χ0v) is 25.1. The average molecular weight is 637 g/mol. The highest BCUT2D eigenvalue weighted by Crippen LogP contribution is 2.13. The van der Waals surface area contributed by atoms with Gasteiger partial charge in [0.05, 0.1) is 6.04 Å². The number of carboxylic acids is 1. The number of aliphatic carboxylic acids is 1. The highest BCUT2D eigenvalue weighted by molar-refractivity contribution is 5.95. The van der Waals surface area contributed by atoms with Crippen LogP contribution in [0.2, 0.25) is 0 Å². The van der Waals surface area contributed by atoms with Gasteiger partial charge >= 0.3 is 5.97 Å². The average Bonchev–Trinajstić information content (AvgIpc) is 2.96. The van der Waals surface area contributed by atoms with E-state index in [1.54, 1.807) is 0 Å². The summed E-state index contributed by atoms with van der Waals surface area (Å²) in [5, 5.41) is 29.0. The van der Waals surface area contributed by atoms with Gasteiger partial charge in [0.25, 0.3) is 0 Å². The molecule has 0 aromatic heterocycles. The lowest BCUT2D eigenvalue weighted by Crippen LogP contribution is -2.58. The minimum atomic E-state index is -1.50. The fraction of sp³-hybridized carbons (Fsp3) is 0.536. The predicted octanol–water partition coefficient (Wildman–Crippen LogP) is -3.03. The third-order valence-electron chi connectivity index (χ3n) is 6.61. The van der Waals surface area contributed by atoms with Gasteiger partial charge in [0.15, 0.2) is 0 Å². The Hall–Kier alpha value is -4.77. The lowest BCUT2D eigenvalue weighted by Gasteiger charge is -2.26. The molecule has 0 aliphatic rings. The lowest BCUT2D eigenvalue weighted by atomic mass is 10.0. The van der Waals surface area contributed by atoms with Crippen LogP contribution in [-0.2, 0) is 40.0 Å². The molecule has 0 bridgehead atoms. The molecule has 0 spiro atoms. The maximum atomic E-state index is 13.5. The minimum absolute atomic E-state index is 0.0501. The molecular formula is C28H44N8O9. The van der Waals surface area contributed by atoms with Crippen molar-refractivity contribution in [3.63, 3.8) is 0 Å². The Bertz CT molecular complexity index is 1190. The van der Waals surface area contributed by atoms with Gasteiger partial charge in [-0.1, -0.05) is 12.1 Å². The fourth-order valence-corrected chi connectivity index (χ4v) is 4.06. The van der Waals surface area contributed by atoms with Gasteiger partial charge in [0.1, 0.15) is 29.9 Å². The van der Waals surface area contributed by atoms with Crippen LogP contribution in [0.3, 0.4) is 0 Å². The van der Waals surface area contributed by atoms with E-state index in [4.69, 9.17) is 22.9 Å². The zero-order chi connectivity index (χ0) is 34.1. The maximum absolute atomic E-state index is 13.5. The van der Waals surface area contributed by atoms with Crippen molar-refractivity contribution < 1.29 is 43.8 Å². The summed E-state index contributed by atoms with van der Waals surface area (Å²) in [6, 6.07) is -0.642. The number of phenols is 1. The summed E-state index contributed by atoms with van der Waals surface area (Å²) in [6.07, 6.45) is -0.246. The Kier molecular flexibility index (Phi) is 16.6. The third kappa shape index (κ3) is 15.0. The van der Waals surface area contributed by atoms with Gasteiger partial charge in [-0.3, -0.25) is 28.8 Å². The van der Waals surface area contributed by atoms with Crippen molar-refractivity contribution in [3.05, 3.63) is 29.8 Å². The van der Waals surface area contributed by atoms with Crippen molar-refractivity contribution in [2.75, 3.05) is 6.54 Å². The Morgan fingerprint density at radius 1 is 0.689 bits per heavy atom. The van der Waals surface area contributed by atoms with Crippen LogP contribution in [0.15, 0.2) is 24.3 Å². The number of hydrogen-bond acceptors (Lipinski definition) is 10. The van der Waals surface area contributed by atoms with E-state index in [0.29, 0.717) is 24.9 Å². The molecule has 6 amide bonds. The molecular weight excluding hydrogens is 592 g/mol. The van der Waals surface area contributed by atoms with Crippen molar-refractivity contribution in [2.24, 2.45) is 22.9 Å². The number of unbranched alkanes of at least 4 members (excludes halogenated alkanes) is 1. The first-order valence-corrected chi connectivity index (χ1v) is 14.4. The van der Waals surface area contributed by atoms with E-state index in [0.717, 1.165) is 0 Å². The standard InChI is InChI=1S/C28H44N8O9/c1-15(30)24(40)33-19(9-11-22(31)38)26(42)34-18(4-2-3-13-29)25(41)36-21(14-16-5-7-17(37)8-6-16)27(43)35-20(28(44)45)10-12-23(32)39/h5-8,15,18-21,37H,2-4,9-14,29-30H2,1H3,(H2,31,38)(H2,32,39)(H,33,40)(H,34,42)(H,35,43)(H,36,41)(H,44,45)/t15-,18-,19-,20-,21-/m0/s1. The summed E-state index contributed by atoms with van der Waals surface area (Å²) in [7, 11) is 0. The number of carboxylic acid groups (broad SMARTS) is 1. The maximum Gasteiger partial charge on any atom is 0.326 e. The topological polar surface area (TPSA) is 312 Å². The van der Waals surface area contributed by atoms with E-state index in [2.05, 4.69) is 21.3 Å². The van der Waals surface area contributed by atoms with Gasteiger partial charge < -0.3 is 54.4 Å². The second-order valence-corrected chi connectivity index (χ2v) is 10.5. The first-order chi connectivity index (χ1) is 21.1. The molecule has 0 radical (unpaired) electrons. The molecule has 0 aliphatic carbocycles. The number of nitrogens with one attached hydrogen (secondary N) is 4. The number of carbonyl (C=O) groups excluding carboxylic acids is 6. The molecule has 0 fully saturated rings. The van der Waals surface area contributed by atoms with E-state index in [1.165, 1.54) is 31.2 Å². The van der Waals surface area contributed by atoms with Crippen molar-refractivity contribution in [1.82, 2.24) is 21.3 Å². The number of rotatable bonds is 21. The normalized spacial score (nSPS) is 14.1. The second-order valence-electron chi connectivity index (χ2n) is 10.5. The van der Waals surface area contributed by atoms with Crippen LogP contribution in [0.4, 0.5) is 0 Å². The monoisotopic (exact) mass is 636 g/mol. The van der Waals surface area contributed by atoms with Crippen LogP contribution in [0.1, 0.15) is 57.4 Å². The summed E-state index contributed by atoms with van der Waals surface area (Å²) in [6.45, 7) is 1.69. The summed E-state index contributed by atoms with van der Waals surface area (Å²) >= 11 is 0. The number of hydrogen-bond donors (Lipinski definition) is 10. The van der Waals surface area contributed by atoms with Crippen molar-refractivity contribution in [2.45, 2.75) is 88.5 Å². The van der Waals surface area contributed by atoms with E-state index < -0.39 is 71.6 Å². The first-order valence-electron chi connectivity index (χ1n) is 14.4. The number of amides is 6. The molecule has 5 atom stereocenters. The molecule has 17 nitrogen and oxygen atoms in total. The second kappa shape index (κ2) is 19.5. The van der Waals surface area contributed by atoms with E-state index in [9.17, 15) is 43.8 Å². The smallest absolute Gasteiger partial charge is 0.326 e. The van der Waals surface area contributed by atoms with Crippen LogP contribution in [0.5, 0.6) is 5.75 Å². The highest BCUT2D eigenvalue weighted by atomic mass is 16.4.